The first-order valence-electron chi connectivity index (χ1n) is 10.1. The molecular weight excluding hydrogens is 457 g/mol. The normalized spacial score (nSPS) is 12.8. The monoisotopic (exact) mass is 480 g/mol. The van der Waals surface area contributed by atoms with Crippen LogP contribution in [0, 0.1) is 0 Å². The van der Waals surface area contributed by atoms with Gasteiger partial charge < -0.3 is 10.1 Å². The van der Waals surface area contributed by atoms with Crippen molar-refractivity contribution < 1.29 is 26.3 Å². The molecule has 0 fully saturated rings. The Balaban J connectivity index is 1.69. The van der Waals surface area contributed by atoms with E-state index < -0.39 is 21.6 Å². The van der Waals surface area contributed by atoms with Crippen LogP contribution in [-0.4, -0.2) is 30.0 Å². The van der Waals surface area contributed by atoms with Gasteiger partial charge in [-0.2, -0.15) is 0 Å². The summed E-state index contributed by atoms with van der Waals surface area (Å²) in [7, 11) is -3.46. The number of rotatable bonds is 9. The van der Waals surface area contributed by atoms with Gasteiger partial charge in [-0.05, 0) is 49.7 Å². The Bertz CT molecular complexity index is 1170. The molecule has 0 aliphatic rings. The summed E-state index contributed by atoms with van der Waals surface area (Å²) in [6, 6.07) is 13.7. The van der Waals surface area contributed by atoms with Gasteiger partial charge in [0.1, 0.15) is 17.9 Å². The van der Waals surface area contributed by atoms with Crippen molar-refractivity contribution in [1.82, 2.24) is 9.97 Å². The van der Waals surface area contributed by atoms with Crippen LogP contribution in [0.4, 0.5) is 30.4 Å². The number of nitrogens with one attached hydrogen (secondary N) is 2. The number of halogens is 3. The molecule has 0 aliphatic carbocycles. The van der Waals surface area contributed by atoms with E-state index >= 15 is 0 Å². The van der Waals surface area contributed by atoms with Gasteiger partial charge in [-0.1, -0.05) is 25.5 Å². The van der Waals surface area contributed by atoms with Crippen molar-refractivity contribution >= 4 is 27.2 Å². The van der Waals surface area contributed by atoms with E-state index in [1.54, 1.807) is 37.3 Å². The van der Waals surface area contributed by atoms with Gasteiger partial charge in [0, 0.05) is 23.0 Å². The van der Waals surface area contributed by atoms with E-state index in [-0.39, 0.29) is 5.75 Å². The number of anilines is 3. The van der Waals surface area contributed by atoms with Crippen LogP contribution in [0.2, 0.25) is 0 Å². The molecule has 0 aliphatic heterocycles. The van der Waals surface area contributed by atoms with Crippen LogP contribution < -0.4 is 14.8 Å². The number of nitrogens with zero attached hydrogens (tertiary/aromatic N) is 2. The maximum absolute atomic E-state index is 12.3. The number of hydrogen-bond acceptors (Lipinski definition) is 6. The summed E-state index contributed by atoms with van der Waals surface area (Å²) < 4.78 is 68.0. The Hall–Kier alpha value is -3.34. The molecule has 7 nitrogen and oxygen atoms in total. The fourth-order valence-electron chi connectivity index (χ4n) is 3.01. The second-order valence-electron chi connectivity index (χ2n) is 7.31. The van der Waals surface area contributed by atoms with Crippen molar-refractivity contribution in [3.63, 3.8) is 0 Å². The fraction of sp³-hybridized carbons (Fsp3) is 0.273. The van der Waals surface area contributed by atoms with Gasteiger partial charge in [-0.3, -0.25) is 4.72 Å². The zero-order chi connectivity index (χ0) is 24.1. The third-order valence-corrected chi connectivity index (χ3v) is 6.51. The topological polar surface area (TPSA) is 93.2 Å². The van der Waals surface area contributed by atoms with Crippen LogP contribution in [0.15, 0.2) is 60.9 Å². The van der Waals surface area contributed by atoms with E-state index in [0.29, 0.717) is 29.3 Å². The molecule has 11 heteroatoms. The minimum atomic E-state index is -4.75. The number of aromatic nitrogens is 2. The lowest BCUT2D eigenvalue weighted by Crippen LogP contribution is -2.25. The lowest BCUT2D eigenvalue weighted by molar-refractivity contribution is -0.274. The predicted molar refractivity (Wildman–Crippen MR) is 121 cm³/mol. The van der Waals surface area contributed by atoms with Gasteiger partial charge >= 0.3 is 6.36 Å². The maximum atomic E-state index is 12.3. The van der Waals surface area contributed by atoms with Crippen LogP contribution in [0.25, 0.3) is 11.3 Å². The third-order valence-electron chi connectivity index (χ3n) is 4.69. The van der Waals surface area contributed by atoms with Crippen LogP contribution in [0.5, 0.6) is 5.75 Å². The highest BCUT2D eigenvalue weighted by molar-refractivity contribution is 7.93. The van der Waals surface area contributed by atoms with E-state index in [4.69, 9.17) is 0 Å². The highest BCUT2D eigenvalue weighted by Gasteiger charge is 2.31. The van der Waals surface area contributed by atoms with Gasteiger partial charge in [-0.15, -0.1) is 13.2 Å². The molecule has 0 saturated heterocycles. The Morgan fingerprint density at radius 2 is 1.64 bits per heavy atom. The highest BCUT2D eigenvalue weighted by atomic mass is 32.2. The molecule has 0 saturated carbocycles. The summed E-state index contributed by atoms with van der Waals surface area (Å²) in [4.78, 5) is 8.35. The van der Waals surface area contributed by atoms with Gasteiger partial charge in [-0.25, -0.2) is 18.4 Å². The first kappa shape index (κ1) is 24.3. The van der Waals surface area contributed by atoms with E-state index in [2.05, 4.69) is 24.7 Å². The van der Waals surface area contributed by atoms with Crippen molar-refractivity contribution in [1.29, 1.82) is 0 Å². The molecule has 0 spiro atoms. The molecule has 0 bridgehead atoms. The average Bonchev–Trinajstić information content (AvgIpc) is 2.75. The van der Waals surface area contributed by atoms with E-state index in [9.17, 15) is 21.6 Å². The first-order chi connectivity index (χ1) is 15.6. The smallest absolute Gasteiger partial charge is 0.406 e. The Morgan fingerprint density at radius 1 is 1.00 bits per heavy atom. The van der Waals surface area contributed by atoms with Crippen molar-refractivity contribution in [3.8, 4) is 17.0 Å². The predicted octanol–water partition coefficient (Wildman–Crippen LogP) is 5.72. The van der Waals surface area contributed by atoms with Crippen LogP contribution in [0.1, 0.15) is 26.7 Å². The Kier molecular flexibility index (Phi) is 7.42. The minimum absolute atomic E-state index is 0.323. The van der Waals surface area contributed by atoms with Gasteiger partial charge in [0.25, 0.3) is 0 Å². The number of sulfonamides is 1. The SMILES string of the molecule is CCCC(C)S(=O)(=O)Nc1ccc(-c2cc(Nc3ccc(OC(F)(F)F)cc3)ncn2)cc1. The highest BCUT2D eigenvalue weighted by Crippen LogP contribution is 2.26. The molecule has 0 radical (unpaired) electrons. The Labute approximate surface area is 190 Å². The summed E-state index contributed by atoms with van der Waals surface area (Å²) in [6.07, 6.45) is -2.06. The summed E-state index contributed by atoms with van der Waals surface area (Å²) in [5.74, 6) is 0.110. The largest absolute Gasteiger partial charge is 0.573 e. The van der Waals surface area contributed by atoms with Crippen molar-refractivity contribution in [2.45, 2.75) is 38.3 Å². The summed E-state index contributed by atoms with van der Waals surface area (Å²) >= 11 is 0. The molecule has 176 valence electrons. The maximum Gasteiger partial charge on any atom is 0.573 e. The number of hydrogen-bond donors (Lipinski definition) is 2. The van der Waals surface area contributed by atoms with Crippen LogP contribution in [0.3, 0.4) is 0 Å². The molecule has 3 aromatic rings. The lowest BCUT2D eigenvalue weighted by atomic mass is 10.1. The first-order valence-corrected chi connectivity index (χ1v) is 11.7. The zero-order valence-electron chi connectivity index (χ0n) is 17.9. The molecule has 1 atom stereocenters. The van der Waals surface area contributed by atoms with Gasteiger partial charge in [0.15, 0.2) is 0 Å². The quantitative estimate of drug-likeness (QED) is 0.407. The van der Waals surface area contributed by atoms with E-state index in [1.165, 1.54) is 30.6 Å². The van der Waals surface area contributed by atoms with Crippen LogP contribution in [-0.2, 0) is 10.0 Å². The second kappa shape index (κ2) is 10.1. The van der Waals surface area contributed by atoms with E-state index in [1.807, 2.05) is 6.92 Å². The molecule has 0 amide bonds. The zero-order valence-corrected chi connectivity index (χ0v) is 18.7. The Morgan fingerprint density at radius 3 is 2.24 bits per heavy atom. The van der Waals surface area contributed by atoms with Gasteiger partial charge in [0.05, 0.1) is 10.9 Å². The molecule has 33 heavy (non-hydrogen) atoms. The number of alkyl halides is 3. The van der Waals surface area contributed by atoms with Crippen molar-refractivity contribution in [2.24, 2.45) is 0 Å². The van der Waals surface area contributed by atoms with E-state index in [0.717, 1.165) is 12.0 Å². The molecular formula is C22H23F3N4O3S. The standard InChI is InChI=1S/C22H23F3N4O3S/c1-3-4-15(2)33(30,31)29-18-7-5-16(6-8-18)20-13-21(27-14-26-20)28-17-9-11-19(12-10-17)32-22(23,24)25/h5-15,29H,3-4H2,1-2H3,(H,26,27,28). The lowest BCUT2D eigenvalue weighted by Gasteiger charge is -2.14. The van der Waals surface area contributed by atoms with Crippen LogP contribution >= 0.6 is 0 Å². The number of ether oxygens (including phenoxy) is 1. The molecule has 3 rings (SSSR count). The molecule has 2 N–H and O–H groups in total. The molecule has 1 unspecified atom stereocenters. The van der Waals surface area contributed by atoms with Crippen molar-refractivity contribution in [2.75, 3.05) is 10.0 Å². The summed E-state index contributed by atoms with van der Waals surface area (Å²) in [5.41, 5.74) is 2.28. The average molecular weight is 481 g/mol. The van der Waals surface area contributed by atoms with Gasteiger partial charge in [0.2, 0.25) is 10.0 Å². The minimum Gasteiger partial charge on any atom is -0.406 e. The molecule has 2 aromatic carbocycles. The fourth-order valence-corrected chi connectivity index (χ4v) is 4.22. The second-order valence-corrected chi connectivity index (χ2v) is 9.41. The third kappa shape index (κ3) is 7.07. The number of benzene rings is 2. The summed E-state index contributed by atoms with van der Waals surface area (Å²) in [5, 5.41) is 2.50. The van der Waals surface area contributed by atoms with Crippen molar-refractivity contribution in [3.05, 3.63) is 60.9 Å². The summed E-state index contributed by atoms with van der Waals surface area (Å²) in [6.45, 7) is 3.61. The molecule has 1 heterocycles. The molecule has 1 aromatic heterocycles.